The number of nitrogens with zero attached hydrogens (tertiary/aromatic N) is 1. The Bertz CT molecular complexity index is 912. The van der Waals surface area contributed by atoms with E-state index < -0.39 is 0 Å². The molecule has 2 aromatic rings. The lowest BCUT2D eigenvalue weighted by Gasteiger charge is -2.09. The van der Waals surface area contributed by atoms with Crippen LogP contribution in [0.4, 0.5) is 0 Å². The molecular formula is C23H23NO4. The molecule has 1 fully saturated rings. The molecule has 5 nitrogen and oxygen atoms in total. The van der Waals surface area contributed by atoms with Gasteiger partial charge in [0.2, 0.25) is 0 Å². The Morgan fingerprint density at radius 3 is 2.54 bits per heavy atom. The summed E-state index contributed by atoms with van der Waals surface area (Å²) in [5.74, 6) is 1.04. The highest BCUT2D eigenvalue weighted by atomic mass is 16.5. The van der Waals surface area contributed by atoms with Crippen LogP contribution in [-0.2, 0) is 20.9 Å². The first-order valence-corrected chi connectivity index (χ1v) is 9.10. The van der Waals surface area contributed by atoms with Crippen molar-refractivity contribution in [3.8, 4) is 17.6 Å². The molecule has 1 aliphatic rings. The zero-order valence-electron chi connectivity index (χ0n) is 16.2. The second-order valence-electron chi connectivity index (χ2n) is 7.34. The van der Waals surface area contributed by atoms with Crippen LogP contribution in [0.2, 0.25) is 0 Å². The first-order chi connectivity index (χ1) is 13.5. The lowest BCUT2D eigenvalue weighted by molar-refractivity contribution is -0.147. The number of nitriles is 1. The van der Waals surface area contributed by atoms with Gasteiger partial charge in [-0.05, 0) is 41.3 Å². The van der Waals surface area contributed by atoms with Gasteiger partial charge in [0.1, 0.15) is 24.2 Å². The number of carbonyl (C=O) groups excluding carboxylic acids is 1. The van der Waals surface area contributed by atoms with Gasteiger partial charge < -0.3 is 14.2 Å². The van der Waals surface area contributed by atoms with Gasteiger partial charge in [-0.2, -0.15) is 5.26 Å². The molecule has 2 aromatic carbocycles. The van der Waals surface area contributed by atoms with E-state index >= 15 is 0 Å². The van der Waals surface area contributed by atoms with Crippen molar-refractivity contribution >= 4 is 5.97 Å². The maximum absolute atomic E-state index is 12.5. The van der Waals surface area contributed by atoms with Crippen LogP contribution in [0.15, 0.2) is 66.4 Å². The van der Waals surface area contributed by atoms with Gasteiger partial charge in [0, 0.05) is 5.92 Å². The number of carbonyl (C=O) groups is 1. The van der Waals surface area contributed by atoms with E-state index in [1.165, 1.54) is 7.11 Å². The van der Waals surface area contributed by atoms with E-state index in [4.69, 9.17) is 19.5 Å². The third-order valence-electron chi connectivity index (χ3n) is 5.08. The maximum Gasteiger partial charge on any atom is 0.310 e. The largest absolute Gasteiger partial charge is 0.487 e. The van der Waals surface area contributed by atoms with Gasteiger partial charge in [0.05, 0.1) is 13.0 Å². The molecule has 0 amide bonds. The van der Waals surface area contributed by atoms with Crippen molar-refractivity contribution in [2.45, 2.75) is 20.5 Å². The van der Waals surface area contributed by atoms with Crippen molar-refractivity contribution in [2.75, 3.05) is 7.11 Å². The summed E-state index contributed by atoms with van der Waals surface area (Å²) in [7, 11) is 1.45. The molecule has 0 spiro atoms. The number of para-hydroxylation sites is 1. The average Bonchev–Trinajstić information content (AvgIpc) is 3.25. The Labute approximate surface area is 165 Å². The van der Waals surface area contributed by atoms with Crippen molar-refractivity contribution < 1.29 is 19.0 Å². The predicted octanol–water partition coefficient (Wildman–Crippen LogP) is 4.85. The quantitative estimate of drug-likeness (QED) is 0.392. The van der Waals surface area contributed by atoms with Crippen molar-refractivity contribution in [1.82, 2.24) is 0 Å². The smallest absolute Gasteiger partial charge is 0.310 e. The molecule has 0 radical (unpaired) electrons. The third kappa shape index (κ3) is 4.34. The molecular weight excluding hydrogens is 354 g/mol. The van der Waals surface area contributed by atoms with Crippen LogP contribution >= 0.6 is 0 Å². The van der Waals surface area contributed by atoms with Crippen molar-refractivity contribution in [3.05, 3.63) is 72.0 Å². The van der Waals surface area contributed by atoms with Crippen LogP contribution in [0.5, 0.6) is 11.5 Å². The number of hydrogen-bond donors (Lipinski definition) is 0. The zero-order valence-corrected chi connectivity index (χ0v) is 16.2. The van der Waals surface area contributed by atoms with E-state index in [1.54, 1.807) is 6.08 Å². The minimum atomic E-state index is -0.283. The van der Waals surface area contributed by atoms with E-state index in [0.717, 1.165) is 11.3 Å². The molecule has 144 valence electrons. The fourth-order valence-electron chi connectivity index (χ4n) is 3.32. The molecule has 0 bridgehead atoms. The lowest BCUT2D eigenvalue weighted by Crippen LogP contribution is -2.10. The molecule has 3 rings (SSSR count). The summed E-state index contributed by atoms with van der Waals surface area (Å²) in [6, 6.07) is 18.9. The van der Waals surface area contributed by atoms with Gasteiger partial charge in [-0.1, -0.05) is 44.2 Å². The minimum Gasteiger partial charge on any atom is -0.487 e. The number of hydrogen-bond acceptors (Lipinski definition) is 5. The summed E-state index contributed by atoms with van der Waals surface area (Å²) < 4.78 is 16.3. The van der Waals surface area contributed by atoms with Crippen molar-refractivity contribution in [3.63, 3.8) is 0 Å². The maximum atomic E-state index is 12.5. The number of allylic oxidation sites excluding steroid dienone is 2. The molecule has 5 heteroatoms. The van der Waals surface area contributed by atoms with E-state index in [0.29, 0.717) is 5.75 Å². The topological polar surface area (TPSA) is 68.5 Å². The van der Waals surface area contributed by atoms with Gasteiger partial charge in [0.25, 0.3) is 0 Å². The number of methoxy groups -OCH3 is 1. The molecule has 1 aliphatic carbocycles. The van der Waals surface area contributed by atoms with E-state index in [9.17, 15) is 4.79 Å². The average molecular weight is 377 g/mol. The Kier molecular flexibility index (Phi) is 5.70. The Balaban J connectivity index is 1.60. The summed E-state index contributed by atoms with van der Waals surface area (Å²) in [6.07, 6.45) is 1.71. The number of rotatable bonds is 7. The first-order valence-electron chi connectivity index (χ1n) is 9.10. The SMILES string of the molecule is COC(C#N)=C[C@H]1[C@@H](C(=O)OCc2cccc(Oc3ccccc3)c2)C1(C)C. The van der Waals surface area contributed by atoms with E-state index in [1.807, 2.05) is 74.5 Å². The summed E-state index contributed by atoms with van der Waals surface area (Å²) in [5.41, 5.74) is 0.595. The fraction of sp³-hybridized carbons (Fsp3) is 0.304. The molecule has 0 saturated heterocycles. The number of benzene rings is 2. The standard InChI is InChI=1S/C23H23NO4/c1-23(2)20(13-19(14-24)26-3)21(23)22(25)27-15-16-8-7-11-18(12-16)28-17-9-5-4-6-10-17/h4-13,20-21H,15H2,1-3H3/t20-,21-/m0/s1. The fourth-order valence-corrected chi connectivity index (χ4v) is 3.32. The molecule has 1 saturated carbocycles. The Morgan fingerprint density at radius 2 is 1.86 bits per heavy atom. The van der Waals surface area contributed by atoms with Gasteiger partial charge in [-0.3, -0.25) is 4.79 Å². The molecule has 28 heavy (non-hydrogen) atoms. The van der Waals surface area contributed by atoms with Crippen LogP contribution in [0.1, 0.15) is 19.4 Å². The third-order valence-corrected chi connectivity index (χ3v) is 5.08. The highest BCUT2D eigenvalue weighted by molar-refractivity contribution is 5.78. The second kappa shape index (κ2) is 8.18. The van der Waals surface area contributed by atoms with Crippen molar-refractivity contribution in [1.29, 1.82) is 5.26 Å². The first kappa shape index (κ1) is 19.5. The van der Waals surface area contributed by atoms with Gasteiger partial charge in [-0.15, -0.1) is 0 Å². The summed E-state index contributed by atoms with van der Waals surface area (Å²) in [5, 5.41) is 9.01. The van der Waals surface area contributed by atoms with Crippen LogP contribution in [0.3, 0.4) is 0 Å². The lowest BCUT2D eigenvalue weighted by atomic mass is 10.1. The van der Waals surface area contributed by atoms with Gasteiger partial charge in [0.15, 0.2) is 5.76 Å². The number of esters is 1. The van der Waals surface area contributed by atoms with Crippen LogP contribution < -0.4 is 4.74 Å². The molecule has 0 N–H and O–H groups in total. The van der Waals surface area contributed by atoms with E-state index in [-0.39, 0.29) is 35.6 Å². The van der Waals surface area contributed by atoms with Crippen LogP contribution in [0.25, 0.3) is 0 Å². The van der Waals surface area contributed by atoms with Gasteiger partial charge in [-0.25, -0.2) is 0 Å². The second-order valence-corrected chi connectivity index (χ2v) is 7.34. The highest BCUT2D eigenvalue weighted by Gasteiger charge is 2.61. The Hall–Kier alpha value is -3.26. The summed E-state index contributed by atoms with van der Waals surface area (Å²) in [6.45, 7) is 4.14. The molecule has 2 atom stereocenters. The molecule has 0 aliphatic heterocycles. The molecule has 0 aromatic heterocycles. The van der Waals surface area contributed by atoms with Crippen molar-refractivity contribution in [2.24, 2.45) is 17.3 Å². The number of ether oxygens (including phenoxy) is 3. The van der Waals surface area contributed by atoms with Crippen LogP contribution in [-0.4, -0.2) is 13.1 Å². The Morgan fingerprint density at radius 1 is 1.14 bits per heavy atom. The zero-order chi connectivity index (χ0) is 20.1. The molecule has 0 heterocycles. The van der Waals surface area contributed by atoms with Crippen LogP contribution in [0, 0.1) is 28.6 Å². The summed E-state index contributed by atoms with van der Waals surface area (Å²) >= 11 is 0. The normalized spacial score (nSPS) is 20.0. The minimum absolute atomic E-state index is 0.0673. The molecule has 0 unspecified atom stereocenters. The van der Waals surface area contributed by atoms with E-state index in [2.05, 4.69) is 0 Å². The van der Waals surface area contributed by atoms with Gasteiger partial charge >= 0.3 is 5.97 Å². The predicted molar refractivity (Wildman–Crippen MR) is 104 cm³/mol. The summed E-state index contributed by atoms with van der Waals surface area (Å²) in [4.78, 5) is 12.5. The monoisotopic (exact) mass is 377 g/mol. The highest BCUT2D eigenvalue weighted by Crippen LogP contribution is 2.59.